The highest BCUT2D eigenvalue weighted by molar-refractivity contribution is 14.1. The van der Waals surface area contributed by atoms with E-state index >= 15 is 0 Å². The van der Waals surface area contributed by atoms with E-state index < -0.39 is 5.97 Å². The molecule has 1 aromatic carbocycles. The fourth-order valence-electron chi connectivity index (χ4n) is 5.74. The molecule has 0 saturated carbocycles. The van der Waals surface area contributed by atoms with E-state index in [0.717, 1.165) is 61.7 Å². The van der Waals surface area contributed by atoms with Gasteiger partial charge in [-0.2, -0.15) is 10.2 Å². The lowest BCUT2D eigenvalue weighted by molar-refractivity contribution is 0.0595. The second kappa shape index (κ2) is 14.2. The molecule has 0 atom stereocenters. The molecule has 0 aliphatic heterocycles. The summed E-state index contributed by atoms with van der Waals surface area (Å²) in [5.74, 6) is -0.557. The Morgan fingerprint density at radius 2 is 1.51 bits per heavy atom. The van der Waals surface area contributed by atoms with Crippen molar-refractivity contribution in [3.8, 4) is 0 Å². The van der Waals surface area contributed by atoms with E-state index in [1.165, 1.54) is 12.7 Å². The number of fused-ring (bicyclic) bond motifs is 4. The van der Waals surface area contributed by atoms with Crippen molar-refractivity contribution in [3.63, 3.8) is 0 Å². The molecule has 7 aromatic rings. The predicted molar refractivity (Wildman–Crippen MR) is 201 cm³/mol. The number of aromatic nitrogens is 8. The molecule has 6 heterocycles. The molecule has 0 fully saturated rings. The molecule has 0 spiro atoms. The van der Waals surface area contributed by atoms with E-state index in [1.54, 1.807) is 35.5 Å². The van der Waals surface area contributed by atoms with Crippen molar-refractivity contribution in [3.05, 3.63) is 119 Å². The van der Waals surface area contributed by atoms with Crippen molar-refractivity contribution in [2.75, 3.05) is 7.11 Å². The molecule has 1 aliphatic rings. The average Bonchev–Trinajstić information content (AvgIpc) is 3.62. The summed E-state index contributed by atoms with van der Waals surface area (Å²) in [5.41, 5.74) is 7.19. The molecule has 0 N–H and O–H groups in total. The Hall–Kier alpha value is -3.88. The topological polar surface area (TPSA) is 114 Å². The Kier molecular flexibility index (Phi) is 9.71. The number of halogens is 5. The van der Waals surface area contributed by atoms with Gasteiger partial charge in [-0.15, -0.1) is 0 Å². The van der Waals surface area contributed by atoms with Crippen LogP contribution in [0.3, 0.4) is 0 Å². The fourth-order valence-corrected chi connectivity index (χ4v) is 7.51. The Balaban J connectivity index is 0.000000155. The maximum atomic E-state index is 12.1. The number of allylic oxidation sites excluding steroid dienone is 1. The highest BCUT2D eigenvalue weighted by atomic mass is 127. The van der Waals surface area contributed by atoms with Gasteiger partial charge in [-0.25, -0.2) is 14.8 Å². The monoisotopic (exact) mass is 842 g/mol. The average molecular weight is 844 g/mol. The second-order valence-electron chi connectivity index (χ2n) is 11.1. The predicted octanol–water partition coefficient (Wildman–Crippen LogP) is 8.89. The molecule has 0 radical (unpaired) electrons. The van der Waals surface area contributed by atoms with Gasteiger partial charge in [0.25, 0.3) is 0 Å². The number of carbonyl (C=O) groups is 1. The summed E-state index contributed by atoms with van der Waals surface area (Å²) in [5, 5.41) is 13.3. The number of pyridine rings is 4. The number of methoxy groups -OCH3 is 1. The summed E-state index contributed by atoms with van der Waals surface area (Å²) >= 11 is 26.7. The van der Waals surface area contributed by atoms with E-state index in [2.05, 4.69) is 58.8 Å². The van der Waals surface area contributed by atoms with Crippen molar-refractivity contribution < 1.29 is 9.53 Å². The normalized spacial score (nSPS) is 12.5. The highest BCUT2D eigenvalue weighted by Crippen LogP contribution is 2.30. The third kappa shape index (κ3) is 6.95. The largest absolute Gasteiger partial charge is 0.464 e. The quantitative estimate of drug-likeness (QED) is 0.0960. The number of rotatable bonds is 5. The maximum Gasteiger partial charge on any atom is 0.359 e. The van der Waals surface area contributed by atoms with Gasteiger partial charge in [0, 0.05) is 35.9 Å². The van der Waals surface area contributed by atoms with Crippen LogP contribution in [0, 0.1) is 3.70 Å². The number of benzene rings is 1. The van der Waals surface area contributed by atoms with Crippen LogP contribution in [-0.2, 0) is 24.2 Å². The summed E-state index contributed by atoms with van der Waals surface area (Å²) in [4.78, 5) is 28.9. The SMILES string of the molecule is COC(=O)c1nn(Cc2ccc3ncc(Cl)cc3c2)c2ccnc(Cl)c12.Clc1cnc2c(c1)C=C(Cn1nc(I)c3c(Cl)nccc31)CC2. The van der Waals surface area contributed by atoms with Crippen molar-refractivity contribution in [2.24, 2.45) is 0 Å². The minimum absolute atomic E-state index is 0.145. The Bertz CT molecular complexity index is 2450. The molecule has 0 unspecified atom stereocenters. The third-order valence-corrected chi connectivity index (χ3v) is 9.72. The van der Waals surface area contributed by atoms with Crippen LogP contribution in [0.25, 0.3) is 38.8 Å². The molecule has 49 heavy (non-hydrogen) atoms. The summed E-state index contributed by atoms with van der Waals surface area (Å²) in [6.07, 6.45) is 10.7. The molecule has 10 nitrogen and oxygen atoms in total. The first-order chi connectivity index (χ1) is 23.7. The standard InChI is InChI=1S/C18H12Cl2N4O2.C16H11Cl2IN4/c1-26-18(25)16-15-14(4-5-21-17(15)20)24(23-16)9-10-2-3-13-11(6-10)7-12(19)8-22-13;17-11-6-10-5-9(1-2-12(10)21-7-11)8-23-13-3-4-20-15(18)14(13)16(19)22-23/h2-8H,9H2,1H3;3-7H,1-2,8H2. The third-order valence-electron chi connectivity index (χ3n) is 7.98. The molecule has 0 saturated heterocycles. The lowest BCUT2D eigenvalue weighted by Crippen LogP contribution is -2.08. The highest BCUT2D eigenvalue weighted by Gasteiger charge is 2.21. The van der Waals surface area contributed by atoms with Gasteiger partial charge in [-0.3, -0.25) is 19.3 Å². The van der Waals surface area contributed by atoms with E-state index in [1.807, 2.05) is 41.1 Å². The fraction of sp³-hybridized carbons (Fsp3) is 0.147. The van der Waals surface area contributed by atoms with Gasteiger partial charge < -0.3 is 4.74 Å². The van der Waals surface area contributed by atoms with E-state index in [9.17, 15) is 4.79 Å². The smallest absolute Gasteiger partial charge is 0.359 e. The van der Waals surface area contributed by atoms with Gasteiger partial charge in [0.15, 0.2) is 5.69 Å². The molecule has 0 bridgehead atoms. The molecule has 6 aromatic heterocycles. The summed E-state index contributed by atoms with van der Waals surface area (Å²) in [7, 11) is 1.30. The van der Waals surface area contributed by atoms with Gasteiger partial charge in [0.1, 0.15) is 14.0 Å². The minimum Gasteiger partial charge on any atom is -0.464 e. The van der Waals surface area contributed by atoms with Crippen LogP contribution in [0.4, 0.5) is 0 Å². The minimum atomic E-state index is -0.557. The molecular weight excluding hydrogens is 821 g/mol. The van der Waals surface area contributed by atoms with Crippen molar-refractivity contribution in [2.45, 2.75) is 25.9 Å². The molecular formula is C34H23Cl4IN8O2. The van der Waals surface area contributed by atoms with Gasteiger partial charge in [0.05, 0.1) is 57.6 Å². The van der Waals surface area contributed by atoms with Crippen LogP contribution in [0.1, 0.15) is 33.7 Å². The molecule has 15 heteroatoms. The Labute approximate surface area is 313 Å². The maximum absolute atomic E-state index is 12.1. The molecule has 8 rings (SSSR count). The van der Waals surface area contributed by atoms with Gasteiger partial charge in [0.2, 0.25) is 0 Å². The van der Waals surface area contributed by atoms with Gasteiger partial charge >= 0.3 is 5.97 Å². The van der Waals surface area contributed by atoms with Crippen LogP contribution >= 0.6 is 69.0 Å². The summed E-state index contributed by atoms with van der Waals surface area (Å²) in [6, 6.07) is 13.4. The summed E-state index contributed by atoms with van der Waals surface area (Å²) in [6.45, 7) is 1.17. The number of hydrogen-bond donors (Lipinski definition) is 0. The first-order valence-corrected chi connectivity index (χ1v) is 17.4. The van der Waals surface area contributed by atoms with E-state index in [4.69, 9.17) is 51.1 Å². The van der Waals surface area contributed by atoms with E-state index in [0.29, 0.717) is 32.6 Å². The number of carbonyl (C=O) groups excluding carboxylic acids is 1. The zero-order valence-corrected chi connectivity index (χ0v) is 30.7. The number of esters is 1. The second-order valence-corrected chi connectivity index (χ2v) is 13.7. The number of hydrogen-bond acceptors (Lipinski definition) is 8. The lowest BCUT2D eigenvalue weighted by Gasteiger charge is -2.16. The first-order valence-electron chi connectivity index (χ1n) is 14.8. The van der Waals surface area contributed by atoms with Crippen molar-refractivity contribution >= 4 is 114 Å². The van der Waals surface area contributed by atoms with Gasteiger partial charge in [-0.1, -0.05) is 58.5 Å². The van der Waals surface area contributed by atoms with Crippen LogP contribution in [0.2, 0.25) is 20.4 Å². The first kappa shape index (κ1) is 33.6. The van der Waals surface area contributed by atoms with Crippen LogP contribution in [0.5, 0.6) is 0 Å². The zero-order chi connectivity index (χ0) is 34.2. The number of ether oxygens (including phenoxy) is 1. The Morgan fingerprint density at radius 3 is 2.29 bits per heavy atom. The number of aryl methyl sites for hydroxylation is 1. The Morgan fingerprint density at radius 1 is 0.816 bits per heavy atom. The summed E-state index contributed by atoms with van der Waals surface area (Å²) < 4.78 is 9.37. The van der Waals surface area contributed by atoms with Crippen molar-refractivity contribution in [1.29, 1.82) is 0 Å². The van der Waals surface area contributed by atoms with Crippen molar-refractivity contribution in [1.82, 2.24) is 39.5 Å². The van der Waals surface area contributed by atoms with E-state index in [-0.39, 0.29) is 10.8 Å². The molecule has 246 valence electrons. The van der Waals surface area contributed by atoms with Crippen LogP contribution in [0.15, 0.2) is 72.8 Å². The zero-order valence-electron chi connectivity index (χ0n) is 25.5. The lowest BCUT2D eigenvalue weighted by atomic mass is 9.96. The molecule has 1 aliphatic carbocycles. The number of nitrogens with zero attached hydrogens (tertiary/aromatic N) is 8. The van der Waals surface area contributed by atoms with Crippen LogP contribution in [-0.4, -0.2) is 52.6 Å². The molecule has 0 amide bonds. The van der Waals surface area contributed by atoms with Crippen LogP contribution < -0.4 is 0 Å². The van der Waals surface area contributed by atoms with Gasteiger partial charge in [-0.05, 0) is 88.5 Å².